The standard InChI is InChI=1S/C14H21N3O3/c1-4-14(5-2,9-15)13(18)16-11-8-10(3)6-7-12(11)17(19)20/h6-8H,4-5,9,15H2,1-3H3,(H,16,18). The Morgan fingerprint density at radius 2 is 2.00 bits per heavy atom. The van der Waals surface area contributed by atoms with Crippen LogP contribution in [0, 0.1) is 22.5 Å². The molecule has 1 aromatic carbocycles. The van der Waals surface area contributed by atoms with E-state index < -0.39 is 10.3 Å². The Bertz CT molecular complexity index is 502. The average Bonchev–Trinajstić information content (AvgIpc) is 2.41. The largest absolute Gasteiger partial charge is 0.329 e. The number of nitro groups is 1. The van der Waals surface area contributed by atoms with Gasteiger partial charge in [0.25, 0.3) is 5.69 Å². The van der Waals surface area contributed by atoms with Crippen molar-refractivity contribution < 1.29 is 9.72 Å². The van der Waals surface area contributed by atoms with Crippen molar-refractivity contribution in [3.8, 4) is 0 Å². The first kappa shape index (κ1) is 16.1. The number of nitro benzene ring substituents is 1. The van der Waals surface area contributed by atoms with Gasteiger partial charge in [-0.05, 0) is 31.4 Å². The maximum atomic E-state index is 12.4. The maximum Gasteiger partial charge on any atom is 0.292 e. The highest BCUT2D eigenvalue weighted by atomic mass is 16.6. The Labute approximate surface area is 118 Å². The van der Waals surface area contributed by atoms with Gasteiger partial charge < -0.3 is 11.1 Å². The molecular weight excluding hydrogens is 258 g/mol. The van der Waals surface area contributed by atoms with Crippen LogP contribution in [0.4, 0.5) is 11.4 Å². The molecule has 6 heteroatoms. The summed E-state index contributed by atoms with van der Waals surface area (Å²) in [6, 6.07) is 4.64. The monoisotopic (exact) mass is 279 g/mol. The van der Waals surface area contributed by atoms with E-state index in [2.05, 4.69) is 5.32 Å². The van der Waals surface area contributed by atoms with E-state index in [-0.39, 0.29) is 23.8 Å². The Morgan fingerprint density at radius 1 is 1.40 bits per heavy atom. The molecule has 6 nitrogen and oxygen atoms in total. The van der Waals surface area contributed by atoms with Gasteiger partial charge in [0.1, 0.15) is 5.69 Å². The fourth-order valence-electron chi connectivity index (χ4n) is 2.12. The van der Waals surface area contributed by atoms with Crippen LogP contribution in [0.25, 0.3) is 0 Å². The molecule has 0 bridgehead atoms. The van der Waals surface area contributed by atoms with Gasteiger partial charge >= 0.3 is 0 Å². The molecule has 0 aliphatic heterocycles. The summed E-state index contributed by atoms with van der Waals surface area (Å²) in [5.41, 5.74) is 5.99. The minimum Gasteiger partial charge on any atom is -0.329 e. The van der Waals surface area contributed by atoms with Crippen molar-refractivity contribution in [1.29, 1.82) is 0 Å². The van der Waals surface area contributed by atoms with Gasteiger partial charge in [0, 0.05) is 12.6 Å². The number of aryl methyl sites for hydroxylation is 1. The molecule has 1 amide bonds. The van der Waals surface area contributed by atoms with Crippen molar-refractivity contribution in [3.63, 3.8) is 0 Å². The Balaban J connectivity index is 3.12. The summed E-state index contributed by atoms with van der Waals surface area (Å²) in [5.74, 6) is -0.265. The van der Waals surface area contributed by atoms with E-state index >= 15 is 0 Å². The molecule has 0 radical (unpaired) electrons. The topological polar surface area (TPSA) is 98.3 Å². The number of nitrogens with one attached hydrogen (secondary N) is 1. The van der Waals surface area contributed by atoms with Crippen LogP contribution in [0.15, 0.2) is 18.2 Å². The van der Waals surface area contributed by atoms with Crippen molar-refractivity contribution in [2.75, 3.05) is 11.9 Å². The molecule has 0 fully saturated rings. The predicted molar refractivity (Wildman–Crippen MR) is 78.5 cm³/mol. The van der Waals surface area contributed by atoms with Gasteiger partial charge in [0.2, 0.25) is 5.91 Å². The van der Waals surface area contributed by atoms with Crippen molar-refractivity contribution >= 4 is 17.3 Å². The molecular formula is C14H21N3O3. The van der Waals surface area contributed by atoms with E-state index in [4.69, 9.17) is 5.73 Å². The van der Waals surface area contributed by atoms with Gasteiger partial charge in [-0.15, -0.1) is 0 Å². The third kappa shape index (κ3) is 3.14. The van der Waals surface area contributed by atoms with Crippen LogP contribution >= 0.6 is 0 Å². The molecule has 110 valence electrons. The van der Waals surface area contributed by atoms with Crippen molar-refractivity contribution in [3.05, 3.63) is 33.9 Å². The molecule has 0 atom stereocenters. The number of benzene rings is 1. The first-order valence-corrected chi connectivity index (χ1v) is 6.66. The molecule has 0 saturated heterocycles. The van der Waals surface area contributed by atoms with Crippen molar-refractivity contribution in [2.24, 2.45) is 11.1 Å². The van der Waals surface area contributed by atoms with Crippen LogP contribution in [0.3, 0.4) is 0 Å². The highest BCUT2D eigenvalue weighted by molar-refractivity contribution is 5.97. The number of hydrogen-bond donors (Lipinski definition) is 2. The van der Waals surface area contributed by atoms with Gasteiger partial charge in [-0.1, -0.05) is 19.9 Å². The third-order valence-corrected chi connectivity index (χ3v) is 3.82. The van der Waals surface area contributed by atoms with Gasteiger partial charge in [-0.25, -0.2) is 0 Å². The zero-order valence-electron chi connectivity index (χ0n) is 12.1. The van der Waals surface area contributed by atoms with E-state index in [1.54, 1.807) is 12.1 Å². The summed E-state index contributed by atoms with van der Waals surface area (Å²) < 4.78 is 0. The quantitative estimate of drug-likeness (QED) is 0.617. The summed E-state index contributed by atoms with van der Waals surface area (Å²) in [5, 5.41) is 13.7. The van der Waals surface area contributed by atoms with E-state index in [1.807, 2.05) is 20.8 Å². The first-order chi connectivity index (χ1) is 9.40. The highest BCUT2D eigenvalue weighted by Gasteiger charge is 2.34. The number of anilines is 1. The van der Waals surface area contributed by atoms with Gasteiger partial charge in [0.15, 0.2) is 0 Å². The third-order valence-electron chi connectivity index (χ3n) is 3.82. The predicted octanol–water partition coefficient (Wildman–Crippen LogP) is 2.61. The molecule has 1 rings (SSSR count). The van der Waals surface area contributed by atoms with Crippen LogP contribution in [-0.2, 0) is 4.79 Å². The van der Waals surface area contributed by atoms with Gasteiger partial charge in [-0.2, -0.15) is 0 Å². The molecule has 20 heavy (non-hydrogen) atoms. The number of carbonyl (C=O) groups is 1. The molecule has 0 heterocycles. The Kier molecular flexibility index (Phi) is 5.21. The van der Waals surface area contributed by atoms with E-state index in [0.29, 0.717) is 12.8 Å². The average molecular weight is 279 g/mol. The first-order valence-electron chi connectivity index (χ1n) is 6.66. The summed E-state index contributed by atoms with van der Waals surface area (Å²) in [6.07, 6.45) is 1.18. The summed E-state index contributed by atoms with van der Waals surface area (Å²) in [4.78, 5) is 22.9. The Morgan fingerprint density at radius 3 is 2.45 bits per heavy atom. The minimum atomic E-state index is -0.683. The van der Waals surface area contributed by atoms with Crippen LogP contribution in [0.5, 0.6) is 0 Å². The van der Waals surface area contributed by atoms with Crippen LogP contribution in [0.1, 0.15) is 32.3 Å². The zero-order chi connectivity index (χ0) is 15.3. The lowest BCUT2D eigenvalue weighted by atomic mass is 9.81. The second-order valence-corrected chi connectivity index (χ2v) is 4.92. The summed E-state index contributed by atoms with van der Waals surface area (Å²) in [7, 11) is 0. The summed E-state index contributed by atoms with van der Waals surface area (Å²) in [6.45, 7) is 5.81. The minimum absolute atomic E-state index is 0.109. The molecule has 0 saturated carbocycles. The zero-order valence-corrected chi connectivity index (χ0v) is 12.1. The lowest BCUT2D eigenvalue weighted by Crippen LogP contribution is -2.41. The molecule has 0 aliphatic carbocycles. The van der Waals surface area contributed by atoms with Gasteiger partial charge in [-0.3, -0.25) is 14.9 Å². The number of hydrogen-bond acceptors (Lipinski definition) is 4. The Hall–Kier alpha value is -1.95. The lowest BCUT2D eigenvalue weighted by molar-refractivity contribution is -0.383. The number of nitrogens with zero attached hydrogens (tertiary/aromatic N) is 1. The second kappa shape index (κ2) is 6.47. The SMILES string of the molecule is CCC(CC)(CN)C(=O)Nc1cc(C)ccc1[N+](=O)[O-]. The smallest absolute Gasteiger partial charge is 0.292 e. The molecule has 1 aromatic rings. The molecule has 0 aliphatic rings. The number of nitrogens with two attached hydrogens (primary N) is 1. The molecule has 0 unspecified atom stereocenters. The maximum absolute atomic E-state index is 12.4. The second-order valence-electron chi connectivity index (χ2n) is 4.92. The van der Waals surface area contributed by atoms with Crippen LogP contribution in [0.2, 0.25) is 0 Å². The normalized spacial score (nSPS) is 11.2. The lowest BCUT2D eigenvalue weighted by Gasteiger charge is -2.28. The van der Waals surface area contributed by atoms with E-state index in [1.165, 1.54) is 6.07 Å². The highest BCUT2D eigenvalue weighted by Crippen LogP contribution is 2.30. The number of amides is 1. The summed E-state index contributed by atoms with van der Waals surface area (Å²) >= 11 is 0. The molecule has 0 aromatic heterocycles. The van der Waals surface area contributed by atoms with Crippen molar-refractivity contribution in [1.82, 2.24) is 0 Å². The fourth-order valence-corrected chi connectivity index (χ4v) is 2.12. The van der Waals surface area contributed by atoms with Crippen LogP contribution in [-0.4, -0.2) is 17.4 Å². The van der Waals surface area contributed by atoms with E-state index in [0.717, 1.165) is 5.56 Å². The van der Waals surface area contributed by atoms with Crippen LogP contribution < -0.4 is 11.1 Å². The van der Waals surface area contributed by atoms with E-state index in [9.17, 15) is 14.9 Å². The van der Waals surface area contributed by atoms with Crippen molar-refractivity contribution in [2.45, 2.75) is 33.6 Å². The molecule has 3 N–H and O–H groups in total. The number of rotatable bonds is 6. The number of carbonyl (C=O) groups excluding carboxylic acids is 1. The van der Waals surface area contributed by atoms with Gasteiger partial charge in [0.05, 0.1) is 10.3 Å². The molecule has 0 spiro atoms. The fraction of sp³-hybridized carbons (Fsp3) is 0.500.